The molecule has 78 valence electrons. The van der Waals surface area contributed by atoms with Crippen LogP contribution in [-0.2, 0) is 0 Å². The van der Waals surface area contributed by atoms with Crippen molar-refractivity contribution in [2.75, 3.05) is 10.7 Å². The summed E-state index contributed by atoms with van der Waals surface area (Å²) in [6.45, 7) is 0. The van der Waals surface area contributed by atoms with Crippen LogP contribution in [0.25, 0.3) is 11.4 Å². The van der Waals surface area contributed by atoms with Crippen LogP contribution in [0.4, 0.5) is 5.82 Å². The number of hydrogen-bond donors (Lipinski definition) is 1. The molecule has 15 heavy (non-hydrogen) atoms. The molecular weight excluding hydrogens is 301 g/mol. The fraction of sp³-hybridized carbons (Fsp3) is 0.0909. The number of alkyl halides is 1. The zero-order valence-corrected chi connectivity index (χ0v) is 10.5. The molecule has 2 aromatic heterocycles. The maximum absolute atomic E-state index is 5.63. The number of pyridine rings is 2. The van der Waals surface area contributed by atoms with Gasteiger partial charge in [-0.1, -0.05) is 0 Å². The van der Waals surface area contributed by atoms with Crippen molar-refractivity contribution < 1.29 is 21.2 Å². The summed E-state index contributed by atoms with van der Waals surface area (Å²) in [5.41, 5.74) is 7.38. The van der Waals surface area contributed by atoms with Crippen molar-refractivity contribution in [1.82, 2.24) is 9.97 Å². The van der Waals surface area contributed by atoms with Crippen LogP contribution in [0.1, 0.15) is 0 Å². The summed E-state index contributed by atoms with van der Waals surface area (Å²) < 4.78 is 1.36. The van der Waals surface area contributed by atoms with Crippen molar-refractivity contribution in [2.45, 2.75) is 0 Å². The summed E-state index contributed by atoms with van der Waals surface area (Å²) in [6, 6.07) is 9.75. The first-order valence-electron chi connectivity index (χ1n) is 4.48. The Morgan fingerprint density at radius 3 is 2.80 bits per heavy atom. The summed E-state index contributed by atoms with van der Waals surface area (Å²) in [4.78, 5) is 10.8. The topological polar surface area (TPSA) is 51.8 Å². The Hall–Kier alpha value is -1.17. The number of nitrogens with zero attached hydrogens (tertiary/aromatic N) is 2. The first-order valence-corrected chi connectivity index (χ1v) is 7.71. The molecule has 2 aromatic rings. The molecule has 0 amide bonds. The van der Waals surface area contributed by atoms with E-state index >= 15 is 0 Å². The van der Waals surface area contributed by atoms with Crippen LogP contribution < -0.4 is 26.9 Å². The van der Waals surface area contributed by atoms with Gasteiger partial charge in [0.15, 0.2) is 0 Å². The molecule has 0 radical (unpaired) electrons. The van der Waals surface area contributed by atoms with Crippen LogP contribution in [0.2, 0.25) is 0 Å². The number of anilines is 1. The Labute approximate surface area is 99.0 Å². The Kier molecular flexibility index (Phi) is 3.15. The molecule has 2 N–H and O–H groups in total. The van der Waals surface area contributed by atoms with Gasteiger partial charge in [0.25, 0.3) is 0 Å². The third-order valence-electron chi connectivity index (χ3n) is 1.97. The summed E-state index contributed by atoms with van der Waals surface area (Å²) in [5, 5.41) is 0. The molecule has 2 rings (SSSR count). The van der Waals surface area contributed by atoms with E-state index in [1.165, 1.54) is 3.57 Å². The summed E-state index contributed by atoms with van der Waals surface area (Å²) in [5.74, 6) is 0.533. The molecule has 0 aromatic carbocycles. The molecule has 0 aliphatic heterocycles. The van der Waals surface area contributed by atoms with Crippen molar-refractivity contribution in [2.24, 2.45) is 0 Å². The van der Waals surface area contributed by atoms with Crippen molar-refractivity contribution >= 4 is 5.82 Å². The standard InChI is InChI=1S/C11H11IN3/c1-12-8-5-6-14-10(7-8)9-3-2-4-11(13)15-9/h2-7H,1H3,(H2,13,15)/q-1. The number of aromatic nitrogens is 2. The van der Waals surface area contributed by atoms with Gasteiger partial charge >= 0.3 is 99.1 Å². The number of hydrogen-bond acceptors (Lipinski definition) is 3. The second kappa shape index (κ2) is 4.57. The molecule has 4 heteroatoms. The van der Waals surface area contributed by atoms with Gasteiger partial charge in [0.05, 0.1) is 0 Å². The Morgan fingerprint density at radius 2 is 2.07 bits per heavy atom. The third kappa shape index (κ3) is 2.44. The van der Waals surface area contributed by atoms with Crippen molar-refractivity contribution in [3.05, 3.63) is 40.1 Å². The van der Waals surface area contributed by atoms with E-state index in [4.69, 9.17) is 5.73 Å². The van der Waals surface area contributed by atoms with E-state index in [-0.39, 0.29) is 21.2 Å². The Bertz CT molecular complexity index is 471. The third-order valence-corrected chi connectivity index (χ3v) is 3.89. The predicted molar refractivity (Wildman–Crippen MR) is 56.5 cm³/mol. The molecule has 0 saturated carbocycles. The second-order valence-corrected chi connectivity index (χ2v) is 5.32. The minimum absolute atomic E-state index is 0.0937. The van der Waals surface area contributed by atoms with Gasteiger partial charge in [-0.05, 0) is 0 Å². The van der Waals surface area contributed by atoms with Gasteiger partial charge in [-0.15, -0.1) is 0 Å². The molecule has 0 spiro atoms. The van der Waals surface area contributed by atoms with E-state index < -0.39 is 0 Å². The Morgan fingerprint density at radius 1 is 1.20 bits per heavy atom. The van der Waals surface area contributed by atoms with E-state index in [1.807, 2.05) is 18.3 Å². The van der Waals surface area contributed by atoms with Crippen LogP contribution in [-0.4, -0.2) is 14.9 Å². The molecule has 0 unspecified atom stereocenters. The zero-order chi connectivity index (χ0) is 10.7. The van der Waals surface area contributed by atoms with Crippen LogP contribution in [0.5, 0.6) is 0 Å². The minimum atomic E-state index is 0.0937. The van der Waals surface area contributed by atoms with Gasteiger partial charge in [-0.2, -0.15) is 0 Å². The average Bonchev–Trinajstić information content (AvgIpc) is 2.29. The van der Waals surface area contributed by atoms with E-state index in [9.17, 15) is 0 Å². The first kappa shape index (κ1) is 10.4. The maximum atomic E-state index is 5.63. The van der Waals surface area contributed by atoms with E-state index in [0.29, 0.717) is 5.82 Å². The number of nitrogen functional groups attached to an aromatic ring is 1. The normalized spacial score (nSPS) is 10.5. The number of halogens is 1. The molecule has 0 atom stereocenters. The predicted octanol–water partition coefficient (Wildman–Crippen LogP) is -1.39. The molecule has 0 aliphatic rings. The van der Waals surface area contributed by atoms with Crippen LogP contribution in [0.15, 0.2) is 36.5 Å². The number of nitrogens with two attached hydrogens (primary N) is 1. The quantitative estimate of drug-likeness (QED) is 0.549. The van der Waals surface area contributed by atoms with Crippen LogP contribution in [0, 0.1) is 3.57 Å². The molecule has 0 aliphatic carbocycles. The molecule has 0 bridgehead atoms. The van der Waals surface area contributed by atoms with Gasteiger partial charge in [0.2, 0.25) is 0 Å². The summed E-state index contributed by atoms with van der Waals surface area (Å²) in [6.07, 6.45) is 1.83. The van der Waals surface area contributed by atoms with Crippen molar-refractivity contribution in [3.8, 4) is 11.4 Å². The zero-order valence-electron chi connectivity index (χ0n) is 8.31. The summed E-state index contributed by atoms with van der Waals surface area (Å²) in [7, 11) is 0. The van der Waals surface area contributed by atoms with E-state index in [2.05, 4.69) is 27.0 Å². The molecule has 3 nitrogen and oxygen atoms in total. The fourth-order valence-corrected chi connectivity index (χ4v) is 2.38. The molecule has 2 heterocycles. The summed E-state index contributed by atoms with van der Waals surface area (Å²) >= 11 is 0.0937. The SMILES string of the molecule is C[I-]c1ccnc(-c2cccc(N)n2)c1. The van der Waals surface area contributed by atoms with E-state index in [1.54, 1.807) is 6.07 Å². The van der Waals surface area contributed by atoms with Crippen LogP contribution in [0.3, 0.4) is 0 Å². The van der Waals surface area contributed by atoms with Gasteiger partial charge in [-0.25, -0.2) is 0 Å². The van der Waals surface area contributed by atoms with Gasteiger partial charge in [-0.3, -0.25) is 0 Å². The second-order valence-electron chi connectivity index (χ2n) is 3.00. The Balaban J connectivity index is 2.44. The fourth-order valence-electron chi connectivity index (χ4n) is 1.26. The van der Waals surface area contributed by atoms with Gasteiger partial charge < -0.3 is 0 Å². The average molecular weight is 312 g/mol. The van der Waals surface area contributed by atoms with Crippen molar-refractivity contribution in [3.63, 3.8) is 0 Å². The van der Waals surface area contributed by atoms with Gasteiger partial charge in [0.1, 0.15) is 0 Å². The molecular formula is C11H11IN3-. The van der Waals surface area contributed by atoms with E-state index in [0.717, 1.165) is 11.4 Å². The molecule has 0 saturated heterocycles. The molecule has 0 fully saturated rings. The van der Waals surface area contributed by atoms with Crippen molar-refractivity contribution in [1.29, 1.82) is 0 Å². The monoisotopic (exact) mass is 312 g/mol. The van der Waals surface area contributed by atoms with Crippen LogP contribution >= 0.6 is 0 Å². The first-order chi connectivity index (χ1) is 7.29. The van der Waals surface area contributed by atoms with Gasteiger partial charge in [0, 0.05) is 0 Å². The number of rotatable bonds is 2.